The van der Waals surface area contributed by atoms with Gasteiger partial charge >= 0.3 is 0 Å². The molecule has 3 amide bonds. The standard InChI is InChI=1S/C25H25Cl2N3O3/c26-18-3-1-17(2-4-18)22(31)29-30-23(32)20-6-5-19(27)10-21(20)28-24(33)25-11-14-7-15(12-25)9-16(8-14)13-25/h1-6,10,14-16H,7-9,11-13H2,(H,28,33)(H,29,31)(H,30,32). The molecule has 172 valence electrons. The molecule has 2 aromatic rings. The van der Waals surface area contributed by atoms with Crippen molar-refractivity contribution in [3.05, 3.63) is 63.6 Å². The number of anilines is 1. The molecule has 0 unspecified atom stereocenters. The van der Waals surface area contributed by atoms with E-state index in [1.165, 1.54) is 19.3 Å². The molecule has 6 rings (SSSR count). The van der Waals surface area contributed by atoms with Crippen molar-refractivity contribution >= 4 is 46.6 Å². The van der Waals surface area contributed by atoms with Gasteiger partial charge in [-0.15, -0.1) is 0 Å². The number of amides is 3. The van der Waals surface area contributed by atoms with Crippen molar-refractivity contribution < 1.29 is 14.4 Å². The van der Waals surface area contributed by atoms with Crippen LogP contribution >= 0.6 is 23.2 Å². The van der Waals surface area contributed by atoms with Crippen LogP contribution in [0.5, 0.6) is 0 Å². The normalized spacial score (nSPS) is 27.2. The van der Waals surface area contributed by atoms with Crippen LogP contribution in [0, 0.1) is 23.2 Å². The molecule has 4 bridgehead atoms. The van der Waals surface area contributed by atoms with Crippen molar-refractivity contribution in [3.8, 4) is 0 Å². The van der Waals surface area contributed by atoms with Crippen molar-refractivity contribution in [2.24, 2.45) is 23.2 Å². The molecule has 0 spiro atoms. The van der Waals surface area contributed by atoms with E-state index >= 15 is 0 Å². The largest absolute Gasteiger partial charge is 0.325 e. The van der Waals surface area contributed by atoms with E-state index in [4.69, 9.17) is 23.2 Å². The van der Waals surface area contributed by atoms with E-state index in [9.17, 15) is 14.4 Å². The van der Waals surface area contributed by atoms with E-state index < -0.39 is 11.8 Å². The summed E-state index contributed by atoms with van der Waals surface area (Å²) in [5, 5.41) is 3.93. The summed E-state index contributed by atoms with van der Waals surface area (Å²) < 4.78 is 0. The summed E-state index contributed by atoms with van der Waals surface area (Å²) in [7, 11) is 0. The average Bonchev–Trinajstić information content (AvgIpc) is 2.77. The Morgan fingerprint density at radius 3 is 1.91 bits per heavy atom. The highest BCUT2D eigenvalue weighted by atomic mass is 35.5. The third kappa shape index (κ3) is 4.46. The average molecular weight is 486 g/mol. The molecule has 4 saturated carbocycles. The Morgan fingerprint density at radius 2 is 1.30 bits per heavy atom. The van der Waals surface area contributed by atoms with Crippen LogP contribution in [0.15, 0.2) is 42.5 Å². The third-order valence-electron chi connectivity index (χ3n) is 7.39. The van der Waals surface area contributed by atoms with E-state index in [0.717, 1.165) is 19.3 Å². The van der Waals surface area contributed by atoms with Crippen molar-refractivity contribution in [2.45, 2.75) is 38.5 Å². The lowest BCUT2D eigenvalue weighted by atomic mass is 9.49. The molecule has 0 heterocycles. The smallest absolute Gasteiger partial charge is 0.271 e. The Kier molecular flexibility index (Phi) is 5.83. The second kappa shape index (κ2) is 8.65. The van der Waals surface area contributed by atoms with Gasteiger partial charge in [-0.2, -0.15) is 0 Å². The summed E-state index contributed by atoms with van der Waals surface area (Å²) in [6.45, 7) is 0. The Balaban J connectivity index is 1.30. The molecule has 4 fully saturated rings. The lowest BCUT2D eigenvalue weighted by molar-refractivity contribution is -0.140. The quantitative estimate of drug-likeness (QED) is 0.518. The second-order valence-electron chi connectivity index (χ2n) is 9.76. The van der Waals surface area contributed by atoms with Gasteiger partial charge in [0.15, 0.2) is 0 Å². The lowest BCUT2D eigenvalue weighted by Crippen LogP contribution is -2.52. The Labute approximate surface area is 202 Å². The van der Waals surface area contributed by atoms with Crippen molar-refractivity contribution in [1.29, 1.82) is 0 Å². The SMILES string of the molecule is O=C(NNC(=O)c1ccc(Cl)cc1NC(=O)C12CC3CC(CC(C3)C1)C2)c1ccc(Cl)cc1. The fourth-order valence-electron chi connectivity index (χ4n) is 6.32. The van der Waals surface area contributed by atoms with Gasteiger partial charge in [-0.05, 0) is 98.7 Å². The zero-order valence-corrected chi connectivity index (χ0v) is 19.5. The highest BCUT2D eigenvalue weighted by Gasteiger charge is 2.54. The first-order valence-corrected chi connectivity index (χ1v) is 12.0. The van der Waals surface area contributed by atoms with Crippen LogP contribution in [0.25, 0.3) is 0 Å². The maximum Gasteiger partial charge on any atom is 0.271 e. The van der Waals surface area contributed by atoms with E-state index in [-0.39, 0.29) is 16.9 Å². The van der Waals surface area contributed by atoms with Crippen molar-refractivity contribution in [1.82, 2.24) is 10.9 Å². The Bertz CT molecular complexity index is 1080. The van der Waals surface area contributed by atoms with Crippen LogP contribution in [-0.2, 0) is 4.79 Å². The minimum Gasteiger partial charge on any atom is -0.325 e. The van der Waals surface area contributed by atoms with E-state index in [1.54, 1.807) is 42.5 Å². The van der Waals surface area contributed by atoms with Crippen LogP contribution in [0.1, 0.15) is 59.2 Å². The lowest BCUT2D eigenvalue weighted by Gasteiger charge is -2.55. The summed E-state index contributed by atoms with van der Waals surface area (Å²) in [6, 6.07) is 11.0. The molecule has 0 aliphatic heterocycles. The number of halogens is 2. The molecular weight excluding hydrogens is 461 g/mol. The predicted octanol–water partition coefficient (Wildman–Crippen LogP) is 5.22. The number of carbonyl (C=O) groups excluding carboxylic acids is 3. The maximum absolute atomic E-state index is 13.5. The van der Waals surface area contributed by atoms with Gasteiger partial charge in [-0.1, -0.05) is 23.2 Å². The highest BCUT2D eigenvalue weighted by molar-refractivity contribution is 6.31. The number of hydrazine groups is 1. The molecule has 0 aromatic heterocycles. The van der Waals surface area contributed by atoms with Crippen LogP contribution in [0.2, 0.25) is 10.0 Å². The van der Waals surface area contributed by atoms with Crippen LogP contribution < -0.4 is 16.2 Å². The van der Waals surface area contributed by atoms with Gasteiger partial charge in [0.25, 0.3) is 11.8 Å². The first-order chi connectivity index (χ1) is 15.8. The molecule has 2 aromatic carbocycles. The zero-order valence-electron chi connectivity index (χ0n) is 18.0. The van der Waals surface area contributed by atoms with Crippen molar-refractivity contribution in [2.75, 3.05) is 5.32 Å². The minimum atomic E-state index is -0.546. The molecule has 8 heteroatoms. The number of hydrogen-bond donors (Lipinski definition) is 3. The van der Waals surface area contributed by atoms with Crippen molar-refractivity contribution in [3.63, 3.8) is 0 Å². The first-order valence-electron chi connectivity index (χ1n) is 11.3. The molecule has 4 aliphatic carbocycles. The number of hydrogen-bond acceptors (Lipinski definition) is 3. The second-order valence-corrected chi connectivity index (χ2v) is 10.6. The molecule has 0 saturated heterocycles. The Hall–Kier alpha value is -2.57. The molecule has 0 radical (unpaired) electrons. The first kappa shape index (κ1) is 22.2. The maximum atomic E-state index is 13.5. The molecule has 3 N–H and O–H groups in total. The van der Waals surface area contributed by atoms with Gasteiger partial charge in [-0.25, -0.2) is 0 Å². The number of nitrogens with one attached hydrogen (secondary N) is 3. The topological polar surface area (TPSA) is 87.3 Å². The molecule has 4 aliphatic rings. The van der Waals surface area contributed by atoms with Gasteiger partial charge < -0.3 is 5.32 Å². The van der Waals surface area contributed by atoms with Crippen LogP contribution in [-0.4, -0.2) is 17.7 Å². The van der Waals surface area contributed by atoms with Gasteiger partial charge in [0, 0.05) is 15.6 Å². The van der Waals surface area contributed by atoms with Crippen LogP contribution in [0.3, 0.4) is 0 Å². The number of carbonyl (C=O) groups is 3. The summed E-state index contributed by atoms with van der Waals surface area (Å²) in [4.78, 5) is 38.6. The number of rotatable bonds is 4. The van der Waals surface area contributed by atoms with E-state index in [0.29, 0.717) is 39.0 Å². The molecule has 33 heavy (non-hydrogen) atoms. The molecular formula is C25H25Cl2N3O3. The van der Waals surface area contributed by atoms with Gasteiger partial charge in [0.2, 0.25) is 5.91 Å². The van der Waals surface area contributed by atoms with E-state index in [2.05, 4.69) is 16.2 Å². The third-order valence-corrected chi connectivity index (χ3v) is 7.88. The summed E-state index contributed by atoms with van der Waals surface area (Å²) in [6.07, 6.45) is 6.48. The highest BCUT2D eigenvalue weighted by Crippen LogP contribution is 2.60. The van der Waals surface area contributed by atoms with Gasteiger partial charge in [-0.3, -0.25) is 25.2 Å². The summed E-state index contributed by atoms with van der Waals surface area (Å²) >= 11 is 12.0. The minimum absolute atomic E-state index is 0.0249. The van der Waals surface area contributed by atoms with Gasteiger partial charge in [0.05, 0.1) is 16.7 Å². The Morgan fingerprint density at radius 1 is 0.758 bits per heavy atom. The van der Waals surface area contributed by atoms with Crippen LogP contribution in [0.4, 0.5) is 5.69 Å². The summed E-state index contributed by atoms with van der Waals surface area (Å²) in [5.41, 5.74) is 5.39. The fourth-order valence-corrected chi connectivity index (χ4v) is 6.61. The zero-order chi connectivity index (χ0) is 23.2. The monoisotopic (exact) mass is 485 g/mol. The number of benzene rings is 2. The molecule has 0 atom stereocenters. The van der Waals surface area contributed by atoms with E-state index in [1.807, 2.05) is 0 Å². The summed E-state index contributed by atoms with van der Waals surface area (Å²) in [5.74, 6) is 0.845. The fraction of sp³-hybridized carbons (Fsp3) is 0.400. The predicted molar refractivity (Wildman–Crippen MR) is 127 cm³/mol. The van der Waals surface area contributed by atoms with Gasteiger partial charge in [0.1, 0.15) is 0 Å². The molecule has 6 nitrogen and oxygen atoms in total.